The number of nitrogens with one attached hydrogen (secondary N) is 1. The third-order valence-corrected chi connectivity index (χ3v) is 6.35. The zero-order chi connectivity index (χ0) is 15.0. The molecule has 8 nitrogen and oxygen atoms in total. The van der Waals surface area contributed by atoms with Gasteiger partial charge in [0.1, 0.15) is 0 Å². The molecule has 3 heterocycles. The summed E-state index contributed by atoms with van der Waals surface area (Å²) in [5, 5.41) is 1.89. The second-order valence-electron chi connectivity index (χ2n) is 4.80. The molecule has 2 aromatic rings. The van der Waals surface area contributed by atoms with Gasteiger partial charge in [-0.1, -0.05) is 0 Å². The van der Waals surface area contributed by atoms with Crippen LogP contribution in [0.25, 0.3) is 4.96 Å². The number of sulfonamides is 1. The van der Waals surface area contributed by atoms with Gasteiger partial charge in [-0.2, -0.15) is 9.29 Å². The quantitative estimate of drug-likeness (QED) is 0.624. The first-order chi connectivity index (χ1) is 10.1. The van der Waals surface area contributed by atoms with Crippen LogP contribution < -0.4 is 11.3 Å². The number of nitrogen functional groups attached to an aromatic ring is 1. The number of thiazole rings is 1. The molecular weight excluding hydrogens is 314 g/mol. The minimum absolute atomic E-state index is 0.0946. The maximum atomic E-state index is 12.9. The second kappa shape index (κ2) is 5.54. The molecule has 1 fully saturated rings. The number of ether oxygens (including phenoxy) is 1. The summed E-state index contributed by atoms with van der Waals surface area (Å²) in [4.78, 5) is 4.79. The molecule has 0 atom stereocenters. The van der Waals surface area contributed by atoms with Gasteiger partial charge < -0.3 is 10.2 Å². The van der Waals surface area contributed by atoms with Crippen LogP contribution in [0.15, 0.2) is 16.6 Å². The molecule has 0 bridgehead atoms. The largest absolute Gasteiger partial charge is 0.381 e. The van der Waals surface area contributed by atoms with Gasteiger partial charge in [0, 0.05) is 31.8 Å². The van der Waals surface area contributed by atoms with Gasteiger partial charge in [0.25, 0.3) is 10.0 Å². The average molecular weight is 331 g/mol. The van der Waals surface area contributed by atoms with Gasteiger partial charge in [0.2, 0.25) is 5.03 Å². The van der Waals surface area contributed by atoms with Gasteiger partial charge in [0.15, 0.2) is 10.8 Å². The van der Waals surface area contributed by atoms with E-state index in [0.717, 1.165) is 0 Å². The van der Waals surface area contributed by atoms with E-state index in [-0.39, 0.29) is 16.9 Å². The number of hydrazine groups is 1. The molecule has 0 unspecified atom stereocenters. The highest BCUT2D eigenvalue weighted by Gasteiger charge is 2.34. The number of fused-ring (bicyclic) bond motifs is 1. The molecule has 1 saturated heterocycles. The lowest BCUT2D eigenvalue weighted by atomic mass is 10.1. The fourth-order valence-electron chi connectivity index (χ4n) is 2.54. The Kier molecular flexibility index (Phi) is 3.88. The maximum Gasteiger partial charge on any atom is 0.262 e. The molecule has 3 N–H and O–H groups in total. The molecule has 21 heavy (non-hydrogen) atoms. The Hall–Kier alpha value is -1.20. The van der Waals surface area contributed by atoms with Crippen LogP contribution in [0.2, 0.25) is 0 Å². The van der Waals surface area contributed by atoms with Crippen LogP contribution in [-0.2, 0) is 14.8 Å². The van der Waals surface area contributed by atoms with E-state index in [2.05, 4.69) is 10.4 Å². The third-order valence-electron chi connectivity index (χ3n) is 3.67. The summed E-state index contributed by atoms with van der Waals surface area (Å²) in [6, 6.07) is 0. The Morgan fingerprint density at radius 2 is 2.19 bits per heavy atom. The molecule has 3 rings (SSSR count). The van der Waals surface area contributed by atoms with Crippen molar-refractivity contribution in [3.8, 4) is 0 Å². The van der Waals surface area contributed by atoms with Crippen molar-refractivity contribution in [2.75, 3.05) is 25.6 Å². The van der Waals surface area contributed by atoms with Crippen molar-refractivity contribution in [3.63, 3.8) is 0 Å². The summed E-state index contributed by atoms with van der Waals surface area (Å²) >= 11 is 1.36. The normalized spacial score (nSPS) is 18.4. The monoisotopic (exact) mass is 331 g/mol. The number of piperidine rings is 1. The third kappa shape index (κ3) is 2.42. The van der Waals surface area contributed by atoms with Crippen LogP contribution in [0, 0.1) is 0 Å². The maximum absolute atomic E-state index is 12.9. The fourth-order valence-corrected chi connectivity index (χ4v) is 4.99. The van der Waals surface area contributed by atoms with Crippen molar-refractivity contribution in [1.29, 1.82) is 0 Å². The standard InChI is InChI=1S/C11H17N5O3S2/c1-19-8-2-4-15(5-3-8)21(17,18)10-9(14-12)13-11-16(10)6-7-20-11/h6-8,14H,2-5,12H2,1H3. The molecule has 0 amide bonds. The summed E-state index contributed by atoms with van der Waals surface area (Å²) in [7, 11) is -2.00. The van der Waals surface area contributed by atoms with Gasteiger partial charge in [-0.3, -0.25) is 4.40 Å². The van der Waals surface area contributed by atoms with Crippen molar-refractivity contribution in [1.82, 2.24) is 13.7 Å². The fraction of sp³-hybridized carbons (Fsp3) is 0.545. The molecule has 1 aliphatic heterocycles. The van der Waals surface area contributed by atoms with Crippen LogP contribution >= 0.6 is 11.3 Å². The summed E-state index contributed by atoms with van der Waals surface area (Å²) in [5.41, 5.74) is 2.38. The van der Waals surface area contributed by atoms with Crippen molar-refractivity contribution >= 4 is 32.1 Å². The Morgan fingerprint density at radius 1 is 1.48 bits per heavy atom. The molecule has 0 aromatic carbocycles. The van der Waals surface area contributed by atoms with E-state index in [1.807, 2.05) is 0 Å². The Morgan fingerprint density at radius 3 is 2.81 bits per heavy atom. The Labute approximate surface area is 126 Å². The van der Waals surface area contributed by atoms with Crippen LogP contribution in [0.3, 0.4) is 0 Å². The minimum atomic E-state index is -3.65. The number of nitrogens with two attached hydrogens (primary N) is 1. The lowest BCUT2D eigenvalue weighted by molar-refractivity contribution is 0.0604. The molecule has 1 aliphatic rings. The van der Waals surface area contributed by atoms with E-state index >= 15 is 0 Å². The number of imidazole rings is 1. The number of methoxy groups -OCH3 is 1. The van der Waals surface area contributed by atoms with E-state index in [4.69, 9.17) is 10.6 Å². The predicted octanol–water partition coefficient (Wildman–Crippen LogP) is 0.481. The number of aromatic nitrogens is 2. The van der Waals surface area contributed by atoms with Crippen molar-refractivity contribution in [3.05, 3.63) is 11.6 Å². The van der Waals surface area contributed by atoms with Crippen molar-refractivity contribution in [2.45, 2.75) is 24.0 Å². The number of anilines is 1. The number of nitrogens with zero attached hydrogens (tertiary/aromatic N) is 3. The first kappa shape index (κ1) is 14.7. The number of hydrogen-bond donors (Lipinski definition) is 2. The number of rotatable bonds is 4. The molecule has 2 aromatic heterocycles. The van der Waals surface area contributed by atoms with E-state index < -0.39 is 10.0 Å². The van der Waals surface area contributed by atoms with Gasteiger partial charge in [-0.25, -0.2) is 14.3 Å². The average Bonchev–Trinajstić information content (AvgIpc) is 3.06. The van der Waals surface area contributed by atoms with E-state index in [1.165, 1.54) is 15.6 Å². The van der Waals surface area contributed by atoms with E-state index in [9.17, 15) is 8.42 Å². The van der Waals surface area contributed by atoms with Gasteiger partial charge >= 0.3 is 0 Å². The first-order valence-corrected chi connectivity index (χ1v) is 8.85. The minimum Gasteiger partial charge on any atom is -0.381 e. The summed E-state index contributed by atoms with van der Waals surface area (Å²) in [5.74, 6) is 5.60. The molecule has 0 spiro atoms. The predicted molar refractivity (Wildman–Crippen MR) is 79.7 cm³/mol. The lowest BCUT2D eigenvalue weighted by Gasteiger charge is -2.30. The van der Waals surface area contributed by atoms with Gasteiger partial charge in [-0.15, -0.1) is 11.3 Å². The summed E-state index contributed by atoms with van der Waals surface area (Å²) in [6.45, 7) is 0.866. The van der Waals surface area contributed by atoms with Crippen LogP contribution in [0.1, 0.15) is 12.8 Å². The molecule has 116 valence electrons. The van der Waals surface area contributed by atoms with E-state index in [0.29, 0.717) is 30.9 Å². The molecule has 0 aliphatic carbocycles. The van der Waals surface area contributed by atoms with Crippen molar-refractivity contribution < 1.29 is 13.2 Å². The molecular formula is C11H17N5O3S2. The van der Waals surface area contributed by atoms with E-state index in [1.54, 1.807) is 23.1 Å². The molecule has 0 saturated carbocycles. The SMILES string of the molecule is COC1CCN(S(=O)(=O)c2c(NN)nc3sccn23)CC1. The summed E-state index contributed by atoms with van der Waals surface area (Å²) in [6.07, 6.45) is 3.18. The lowest BCUT2D eigenvalue weighted by Crippen LogP contribution is -2.41. The highest BCUT2D eigenvalue weighted by atomic mass is 32.2. The van der Waals surface area contributed by atoms with Crippen molar-refractivity contribution in [2.24, 2.45) is 5.84 Å². The zero-order valence-electron chi connectivity index (χ0n) is 11.5. The number of hydrogen-bond acceptors (Lipinski definition) is 7. The van der Waals surface area contributed by atoms with Crippen LogP contribution in [0.4, 0.5) is 5.82 Å². The first-order valence-electron chi connectivity index (χ1n) is 6.53. The highest BCUT2D eigenvalue weighted by molar-refractivity contribution is 7.89. The Balaban J connectivity index is 1.98. The van der Waals surface area contributed by atoms with Crippen LogP contribution in [-0.4, -0.2) is 48.4 Å². The highest BCUT2D eigenvalue weighted by Crippen LogP contribution is 2.29. The summed E-state index contributed by atoms with van der Waals surface area (Å²) < 4.78 is 34.0. The second-order valence-corrected chi connectivity index (χ2v) is 7.53. The Bertz CT molecular complexity index is 730. The van der Waals surface area contributed by atoms with Gasteiger partial charge in [0.05, 0.1) is 6.10 Å². The van der Waals surface area contributed by atoms with Crippen LogP contribution in [0.5, 0.6) is 0 Å². The smallest absolute Gasteiger partial charge is 0.262 e. The topological polar surface area (TPSA) is 102 Å². The zero-order valence-corrected chi connectivity index (χ0v) is 13.2. The molecule has 10 heteroatoms. The van der Waals surface area contributed by atoms with Gasteiger partial charge in [-0.05, 0) is 12.8 Å². The molecule has 0 radical (unpaired) electrons.